The lowest BCUT2D eigenvalue weighted by Gasteiger charge is -2.12. The fourth-order valence-electron chi connectivity index (χ4n) is 2.28. The standard InChI is InChI=1S/C15H17N5O2S/c1-2-3-7-22-11-5-4-6-16-10(11)8-20-13-12(17-9-18-13)14(21)19-15(20)23/h4-6,9H,2-3,7-8H2,1H3,(H,17,18)(H,19,21,23). The summed E-state index contributed by atoms with van der Waals surface area (Å²) in [4.78, 5) is 25.9. The predicted octanol–water partition coefficient (Wildman–Crippen LogP) is 2.40. The second-order valence-corrected chi connectivity index (χ2v) is 5.48. The van der Waals surface area contributed by atoms with Crippen molar-refractivity contribution < 1.29 is 4.74 Å². The summed E-state index contributed by atoms with van der Waals surface area (Å²) in [5, 5.41) is 0. The Morgan fingerprint density at radius 3 is 3.09 bits per heavy atom. The van der Waals surface area contributed by atoms with Gasteiger partial charge in [0.25, 0.3) is 5.56 Å². The maximum Gasteiger partial charge on any atom is 0.277 e. The molecule has 0 aromatic carbocycles. The molecule has 2 N–H and O–H groups in total. The van der Waals surface area contributed by atoms with Gasteiger partial charge in [-0.1, -0.05) is 13.3 Å². The number of hydrogen-bond donors (Lipinski definition) is 2. The van der Waals surface area contributed by atoms with Crippen LogP contribution in [0.4, 0.5) is 0 Å². The Labute approximate surface area is 137 Å². The zero-order chi connectivity index (χ0) is 16.2. The van der Waals surface area contributed by atoms with E-state index in [1.807, 2.05) is 12.1 Å². The van der Waals surface area contributed by atoms with Crippen molar-refractivity contribution in [3.05, 3.63) is 45.5 Å². The number of imidazole rings is 1. The van der Waals surface area contributed by atoms with Gasteiger partial charge in [-0.05, 0) is 30.8 Å². The summed E-state index contributed by atoms with van der Waals surface area (Å²) in [6.07, 6.45) is 5.23. The molecule has 0 amide bonds. The normalized spacial score (nSPS) is 11.0. The first-order chi connectivity index (χ1) is 11.2. The first-order valence-electron chi connectivity index (χ1n) is 7.43. The largest absolute Gasteiger partial charge is 0.492 e. The molecule has 0 fully saturated rings. The van der Waals surface area contributed by atoms with E-state index >= 15 is 0 Å². The number of rotatable bonds is 6. The van der Waals surface area contributed by atoms with Gasteiger partial charge in [0.15, 0.2) is 10.4 Å². The maximum atomic E-state index is 11.9. The van der Waals surface area contributed by atoms with Crippen LogP contribution < -0.4 is 10.3 Å². The molecule has 23 heavy (non-hydrogen) atoms. The van der Waals surface area contributed by atoms with Crippen LogP contribution in [-0.2, 0) is 6.54 Å². The first-order valence-corrected chi connectivity index (χ1v) is 7.84. The lowest BCUT2D eigenvalue weighted by atomic mass is 10.3. The summed E-state index contributed by atoms with van der Waals surface area (Å²) in [6.45, 7) is 3.13. The molecular weight excluding hydrogens is 314 g/mol. The number of hydrogen-bond acceptors (Lipinski definition) is 5. The highest BCUT2D eigenvalue weighted by atomic mass is 32.1. The average molecular weight is 331 g/mol. The summed E-state index contributed by atoms with van der Waals surface area (Å²) >= 11 is 5.27. The first kappa shape index (κ1) is 15.4. The second kappa shape index (κ2) is 6.74. The molecule has 0 bridgehead atoms. The third-order valence-electron chi connectivity index (χ3n) is 3.48. The fraction of sp³-hybridized carbons (Fsp3) is 0.333. The predicted molar refractivity (Wildman–Crippen MR) is 89.3 cm³/mol. The van der Waals surface area contributed by atoms with Crippen molar-refractivity contribution in [3.63, 3.8) is 0 Å². The topological polar surface area (TPSA) is 88.6 Å². The summed E-state index contributed by atoms with van der Waals surface area (Å²) in [5.41, 5.74) is 1.36. The highest BCUT2D eigenvalue weighted by molar-refractivity contribution is 7.71. The van der Waals surface area contributed by atoms with Crippen LogP contribution >= 0.6 is 12.2 Å². The highest BCUT2D eigenvalue weighted by Crippen LogP contribution is 2.18. The number of unbranched alkanes of at least 4 members (excludes halogenated alkanes) is 1. The minimum atomic E-state index is -0.279. The van der Waals surface area contributed by atoms with Crippen LogP contribution in [0, 0.1) is 4.77 Å². The van der Waals surface area contributed by atoms with Crippen molar-refractivity contribution in [2.75, 3.05) is 6.61 Å². The van der Waals surface area contributed by atoms with Crippen LogP contribution in [0.1, 0.15) is 25.5 Å². The van der Waals surface area contributed by atoms with E-state index in [4.69, 9.17) is 17.0 Å². The van der Waals surface area contributed by atoms with Gasteiger partial charge in [0, 0.05) is 6.20 Å². The maximum absolute atomic E-state index is 11.9. The molecular formula is C15H17N5O2S. The second-order valence-electron chi connectivity index (χ2n) is 5.10. The quantitative estimate of drug-likeness (QED) is 0.535. The summed E-state index contributed by atoms with van der Waals surface area (Å²) in [6, 6.07) is 3.72. The van der Waals surface area contributed by atoms with Crippen molar-refractivity contribution in [1.82, 2.24) is 24.5 Å². The Hall–Kier alpha value is -2.48. The van der Waals surface area contributed by atoms with Gasteiger partial charge in [0.05, 0.1) is 19.5 Å². The molecule has 7 nitrogen and oxygen atoms in total. The Bertz CT molecular complexity index is 927. The van der Waals surface area contributed by atoms with E-state index in [2.05, 4.69) is 26.9 Å². The van der Waals surface area contributed by atoms with Gasteiger partial charge < -0.3 is 9.72 Å². The van der Waals surface area contributed by atoms with Gasteiger partial charge in [-0.25, -0.2) is 4.98 Å². The van der Waals surface area contributed by atoms with E-state index in [1.54, 1.807) is 10.8 Å². The number of ether oxygens (including phenoxy) is 1. The van der Waals surface area contributed by atoms with Crippen LogP contribution in [0.5, 0.6) is 5.75 Å². The number of aromatic amines is 2. The molecule has 0 atom stereocenters. The minimum absolute atomic E-state index is 0.279. The van der Waals surface area contributed by atoms with Gasteiger partial charge in [0.1, 0.15) is 17.0 Å². The van der Waals surface area contributed by atoms with Crippen LogP contribution in [0.3, 0.4) is 0 Å². The van der Waals surface area contributed by atoms with Crippen LogP contribution in [0.2, 0.25) is 0 Å². The molecule has 3 aromatic heterocycles. The molecule has 3 rings (SSSR count). The number of pyridine rings is 1. The van der Waals surface area contributed by atoms with Gasteiger partial charge in [-0.15, -0.1) is 0 Å². The summed E-state index contributed by atoms with van der Waals surface area (Å²) < 4.78 is 7.84. The fourth-order valence-corrected chi connectivity index (χ4v) is 2.52. The molecule has 8 heteroatoms. The van der Waals surface area contributed by atoms with E-state index < -0.39 is 0 Å². The number of nitrogens with one attached hydrogen (secondary N) is 2. The number of aromatic nitrogens is 5. The third kappa shape index (κ3) is 3.16. The zero-order valence-corrected chi connectivity index (χ0v) is 13.5. The number of nitrogens with zero attached hydrogens (tertiary/aromatic N) is 3. The molecule has 0 aliphatic rings. The van der Waals surface area contributed by atoms with Crippen molar-refractivity contribution >= 4 is 23.4 Å². The van der Waals surface area contributed by atoms with E-state index in [1.165, 1.54) is 6.33 Å². The molecule has 3 heterocycles. The van der Waals surface area contributed by atoms with Crippen molar-refractivity contribution in [2.45, 2.75) is 26.3 Å². The average Bonchev–Trinajstić information content (AvgIpc) is 3.03. The Balaban J connectivity index is 1.98. The highest BCUT2D eigenvalue weighted by Gasteiger charge is 2.11. The molecule has 0 spiro atoms. The van der Waals surface area contributed by atoms with Gasteiger partial charge in [-0.3, -0.25) is 19.3 Å². The lowest BCUT2D eigenvalue weighted by molar-refractivity contribution is 0.304. The van der Waals surface area contributed by atoms with E-state index in [-0.39, 0.29) is 5.56 Å². The van der Waals surface area contributed by atoms with Crippen molar-refractivity contribution in [1.29, 1.82) is 0 Å². The lowest BCUT2D eigenvalue weighted by Crippen LogP contribution is -2.16. The number of H-pyrrole nitrogens is 2. The molecule has 120 valence electrons. The molecule has 0 unspecified atom stereocenters. The van der Waals surface area contributed by atoms with E-state index in [9.17, 15) is 4.79 Å². The third-order valence-corrected chi connectivity index (χ3v) is 3.80. The SMILES string of the molecule is CCCCOc1cccnc1Cn1c(=S)[nH]c(=O)c2[nH]cnc21. The summed E-state index contributed by atoms with van der Waals surface area (Å²) in [5.74, 6) is 0.720. The Kier molecular flexibility index (Phi) is 4.52. The van der Waals surface area contributed by atoms with Crippen molar-refractivity contribution in [3.8, 4) is 5.75 Å². The molecule has 0 aliphatic heterocycles. The Morgan fingerprint density at radius 1 is 1.39 bits per heavy atom. The van der Waals surface area contributed by atoms with E-state index in [0.29, 0.717) is 29.1 Å². The van der Waals surface area contributed by atoms with Gasteiger partial charge in [0.2, 0.25) is 0 Å². The van der Waals surface area contributed by atoms with Crippen molar-refractivity contribution in [2.24, 2.45) is 0 Å². The minimum Gasteiger partial charge on any atom is -0.492 e. The van der Waals surface area contributed by atoms with Crippen LogP contribution in [-0.4, -0.2) is 31.1 Å². The smallest absolute Gasteiger partial charge is 0.277 e. The molecule has 3 aromatic rings. The van der Waals surface area contributed by atoms with E-state index in [0.717, 1.165) is 24.3 Å². The van der Waals surface area contributed by atoms with Crippen LogP contribution in [0.25, 0.3) is 11.2 Å². The Morgan fingerprint density at radius 2 is 2.26 bits per heavy atom. The summed E-state index contributed by atoms with van der Waals surface area (Å²) in [7, 11) is 0. The number of fused-ring (bicyclic) bond motifs is 1. The van der Waals surface area contributed by atoms with Gasteiger partial charge >= 0.3 is 0 Å². The molecule has 0 aliphatic carbocycles. The van der Waals surface area contributed by atoms with Gasteiger partial charge in [-0.2, -0.15) is 0 Å². The molecule has 0 saturated carbocycles. The zero-order valence-electron chi connectivity index (χ0n) is 12.7. The molecule has 0 saturated heterocycles. The molecule has 0 radical (unpaired) electrons. The monoisotopic (exact) mass is 331 g/mol. The van der Waals surface area contributed by atoms with Crippen LogP contribution in [0.15, 0.2) is 29.5 Å².